The van der Waals surface area contributed by atoms with Crippen LogP contribution in [0.3, 0.4) is 0 Å². The van der Waals surface area contributed by atoms with Gasteiger partial charge < -0.3 is 4.74 Å². The predicted octanol–water partition coefficient (Wildman–Crippen LogP) is 2.14. The van der Waals surface area contributed by atoms with Gasteiger partial charge in [-0.15, -0.1) is 0 Å². The van der Waals surface area contributed by atoms with Crippen LogP contribution in [0.25, 0.3) is 0 Å². The van der Waals surface area contributed by atoms with E-state index in [1.165, 1.54) is 0 Å². The van der Waals surface area contributed by atoms with Crippen LogP contribution in [0.5, 0.6) is 5.75 Å². The summed E-state index contributed by atoms with van der Waals surface area (Å²) in [7, 11) is 1.64. The molecule has 0 bridgehead atoms. The molecule has 1 rings (SSSR count). The lowest BCUT2D eigenvalue weighted by atomic mass is 10.0. The van der Waals surface area contributed by atoms with Crippen LogP contribution in [0.1, 0.15) is 18.1 Å². The van der Waals surface area contributed by atoms with Crippen molar-refractivity contribution < 1.29 is 9.53 Å². The van der Waals surface area contributed by atoms with E-state index in [9.17, 15) is 4.79 Å². The van der Waals surface area contributed by atoms with Gasteiger partial charge in [0.1, 0.15) is 11.5 Å². The lowest BCUT2D eigenvalue weighted by Crippen LogP contribution is -2.00. The van der Waals surface area contributed by atoms with E-state index in [4.69, 9.17) is 4.74 Å². The van der Waals surface area contributed by atoms with Gasteiger partial charge in [0.15, 0.2) is 0 Å². The number of hydrogen-bond acceptors (Lipinski definition) is 2. The Hall–Kier alpha value is -1.31. The standard InChI is InChI=1S/C11H14O2/c1-8(12)7-10-5-4-6-11(13-3)9(10)2/h4-6H,7H2,1-3H3. The van der Waals surface area contributed by atoms with E-state index in [0.717, 1.165) is 16.9 Å². The second-order valence-electron chi connectivity index (χ2n) is 3.12. The highest BCUT2D eigenvalue weighted by atomic mass is 16.5. The van der Waals surface area contributed by atoms with Crippen molar-refractivity contribution in [3.8, 4) is 5.75 Å². The Morgan fingerprint density at radius 1 is 1.46 bits per heavy atom. The third kappa shape index (κ3) is 2.31. The summed E-state index contributed by atoms with van der Waals surface area (Å²) in [6.07, 6.45) is 0.489. The van der Waals surface area contributed by atoms with Crippen LogP contribution < -0.4 is 4.74 Å². The average molecular weight is 178 g/mol. The number of carbonyl (C=O) groups excluding carboxylic acids is 1. The van der Waals surface area contributed by atoms with Crippen molar-refractivity contribution in [1.29, 1.82) is 0 Å². The normalized spacial score (nSPS) is 9.77. The third-order valence-corrected chi connectivity index (χ3v) is 2.06. The van der Waals surface area contributed by atoms with Crippen LogP contribution in [0, 0.1) is 6.92 Å². The molecule has 0 radical (unpaired) electrons. The molecule has 0 aromatic heterocycles. The summed E-state index contributed by atoms with van der Waals surface area (Å²) in [5.74, 6) is 1.02. The summed E-state index contributed by atoms with van der Waals surface area (Å²) in [6, 6.07) is 5.77. The largest absolute Gasteiger partial charge is 0.496 e. The van der Waals surface area contributed by atoms with Gasteiger partial charge in [-0.1, -0.05) is 12.1 Å². The van der Waals surface area contributed by atoms with Crippen molar-refractivity contribution in [3.63, 3.8) is 0 Å². The van der Waals surface area contributed by atoms with Gasteiger partial charge >= 0.3 is 0 Å². The molecule has 0 amide bonds. The van der Waals surface area contributed by atoms with Crippen molar-refractivity contribution in [3.05, 3.63) is 29.3 Å². The minimum Gasteiger partial charge on any atom is -0.496 e. The Labute approximate surface area is 78.5 Å². The molecule has 0 aliphatic carbocycles. The molecule has 13 heavy (non-hydrogen) atoms. The zero-order chi connectivity index (χ0) is 9.84. The molecule has 1 aromatic rings. The number of benzene rings is 1. The zero-order valence-electron chi connectivity index (χ0n) is 8.26. The Balaban J connectivity index is 3.01. The van der Waals surface area contributed by atoms with Crippen molar-refractivity contribution in [1.82, 2.24) is 0 Å². The average Bonchev–Trinajstić information content (AvgIpc) is 2.08. The first kappa shape index (κ1) is 9.78. The van der Waals surface area contributed by atoms with Gasteiger partial charge in [0, 0.05) is 6.42 Å². The van der Waals surface area contributed by atoms with Gasteiger partial charge in [-0.2, -0.15) is 0 Å². The van der Waals surface area contributed by atoms with E-state index in [-0.39, 0.29) is 5.78 Å². The van der Waals surface area contributed by atoms with Crippen LogP contribution >= 0.6 is 0 Å². The molecule has 2 nitrogen and oxygen atoms in total. The van der Waals surface area contributed by atoms with Gasteiger partial charge in [-0.25, -0.2) is 0 Å². The second kappa shape index (κ2) is 4.08. The highest BCUT2D eigenvalue weighted by Crippen LogP contribution is 2.21. The van der Waals surface area contributed by atoms with Crippen LogP contribution in [0.4, 0.5) is 0 Å². The summed E-state index contributed by atoms with van der Waals surface area (Å²) in [5, 5.41) is 0. The lowest BCUT2D eigenvalue weighted by Gasteiger charge is -2.08. The van der Waals surface area contributed by atoms with Crippen molar-refractivity contribution in [2.45, 2.75) is 20.3 Å². The third-order valence-electron chi connectivity index (χ3n) is 2.06. The summed E-state index contributed by atoms with van der Waals surface area (Å²) in [6.45, 7) is 3.57. The number of Topliss-reactive ketones (excluding diaryl/α,β-unsaturated/α-hetero) is 1. The van der Waals surface area contributed by atoms with E-state index in [2.05, 4.69) is 0 Å². The number of hydrogen-bond donors (Lipinski definition) is 0. The van der Waals surface area contributed by atoms with E-state index < -0.39 is 0 Å². The fourth-order valence-electron chi connectivity index (χ4n) is 1.34. The molecule has 0 saturated carbocycles. The molecule has 0 atom stereocenters. The zero-order valence-corrected chi connectivity index (χ0v) is 8.26. The highest BCUT2D eigenvalue weighted by Gasteiger charge is 2.05. The Kier molecular flexibility index (Phi) is 3.07. The van der Waals surface area contributed by atoms with E-state index in [1.807, 2.05) is 25.1 Å². The lowest BCUT2D eigenvalue weighted by molar-refractivity contribution is -0.116. The number of rotatable bonds is 3. The molecule has 0 saturated heterocycles. The maximum Gasteiger partial charge on any atom is 0.134 e. The first-order chi connectivity index (χ1) is 6.15. The van der Waals surface area contributed by atoms with Crippen LogP contribution in [-0.2, 0) is 11.2 Å². The van der Waals surface area contributed by atoms with Gasteiger partial charge in [-0.05, 0) is 31.0 Å². The summed E-state index contributed by atoms with van der Waals surface area (Å²) in [4.78, 5) is 10.9. The highest BCUT2D eigenvalue weighted by molar-refractivity contribution is 5.78. The number of ether oxygens (including phenoxy) is 1. The smallest absolute Gasteiger partial charge is 0.134 e. The number of ketones is 1. The predicted molar refractivity (Wildman–Crippen MR) is 52.1 cm³/mol. The number of carbonyl (C=O) groups is 1. The van der Waals surface area contributed by atoms with Crippen molar-refractivity contribution in [2.75, 3.05) is 7.11 Å². The van der Waals surface area contributed by atoms with E-state index >= 15 is 0 Å². The van der Waals surface area contributed by atoms with Crippen molar-refractivity contribution >= 4 is 5.78 Å². The van der Waals surface area contributed by atoms with E-state index in [0.29, 0.717) is 6.42 Å². The van der Waals surface area contributed by atoms with Crippen LogP contribution in [0.2, 0.25) is 0 Å². The van der Waals surface area contributed by atoms with E-state index in [1.54, 1.807) is 14.0 Å². The number of methoxy groups -OCH3 is 1. The molecule has 0 unspecified atom stereocenters. The first-order valence-corrected chi connectivity index (χ1v) is 4.27. The maximum absolute atomic E-state index is 10.9. The molecule has 0 aliphatic heterocycles. The van der Waals surface area contributed by atoms with Gasteiger partial charge in [-0.3, -0.25) is 4.79 Å². The molecule has 1 aromatic carbocycles. The minimum absolute atomic E-state index is 0.177. The fraction of sp³-hybridized carbons (Fsp3) is 0.364. The second-order valence-corrected chi connectivity index (χ2v) is 3.12. The summed E-state index contributed by atoms with van der Waals surface area (Å²) >= 11 is 0. The Morgan fingerprint density at radius 2 is 2.15 bits per heavy atom. The fourth-order valence-corrected chi connectivity index (χ4v) is 1.34. The molecule has 2 heteroatoms. The molecule has 70 valence electrons. The van der Waals surface area contributed by atoms with Gasteiger partial charge in [0.25, 0.3) is 0 Å². The quantitative estimate of drug-likeness (QED) is 0.708. The van der Waals surface area contributed by atoms with Crippen molar-refractivity contribution in [2.24, 2.45) is 0 Å². The maximum atomic E-state index is 10.9. The molecule has 0 fully saturated rings. The molecule has 0 heterocycles. The van der Waals surface area contributed by atoms with Gasteiger partial charge in [0.2, 0.25) is 0 Å². The van der Waals surface area contributed by atoms with Gasteiger partial charge in [0.05, 0.1) is 7.11 Å². The molecule has 0 spiro atoms. The van der Waals surface area contributed by atoms with Crippen LogP contribution in [0.15, 0.2) is 18.2 Å². The SMILES string of the molecule is COc1cccc(CC(C)=O)c1C. The minimum atomic E-state index is 0.177. The summed E-state index contributed by atoms with van der Waals surface area (Å²) < 4.78 is 5.16. The molecular formula is C11H14O2. The summed E-state index contributed by atoms with van der Waals surface area (Å²) in [5.41, 5.74) is 2.10. The topological polar surface area (TPSA) is 26.3 Å². The molecular weight excluding hydrogens is 164 g/mol. The monoisotopic (exact) mass is 178 g/mol. The van der Waals surface area contributed by atoms with Crippen LogP contribution in [-0.4, -0.2) is 12.9 Å². The first-order valence-electron chi connectivity index (χ1n) is 4.27. The Morgan fingerprint density at radius 3 is 2.69 bits per heavy atom. The molecule has 0 N–H and O–H groups in total. The molecule has 0 aliphatic rings. The Bertz CT molecular complexity index is 316.